The van der Waals surface area contributed by atoms with Crippen LogP contribution in [0.4, 0.5) is 0 Å². The molecule has 0 saturated carbocycles. The highest BCUT2D eigenvalue weighted by Gasteiger charge is 2.28. The summed E-state index contributed by atoms with van der Waals surface area (Å²) in [6.45, 7) is 8.24. The molecule has 2 heterocycles. The van der Waals surface area contributed by atoms with Crippen LogP contribution in [-0.2, 0) is 18.3 Å². The highest BCUT2D eigenvalue weighted by molar-refractivity contribution is 5.76. The van der Waals surface area contributed by atoms with Crippen molar-refractivity contribution in [3.63, 3.8) is 0 Å². The van der Waals surface area contributed by atoms with Crippen molar-refractivity contribution in [3.8, 4) is 0 Å². The number of rotatable bonds is 6. The number of amides is 1. The molecule has 1 aromatic rings. The first kappa shape index (κ1) is 15.0. The number of hydrogen-bond acceptors (Lipinski definition) is 4. The van der Waals surface area contributed by atoms with Crippen LogP contribution in [0, 0.1) is 0 Å². The number of carbonyl (C=O) groups excluding carboxylic acids is 1. The van der Waals surface area contributed by atoms with E-state index in [9.17, 15) is 4.79 Å². The van der Waals surface area contributed by atoms with E-state index in [2.05, 4.69) is 28.9 Å². The molecule has 112 valence electrons. The Morgan fingerprint density at radius 1 is 1.45 bits per heavy atom. The second kappa shape index (κ2) is 6.83. The van der Waals surface area contributed by atoms with Gasteiger partial charge in [0.2, 0.25) is 5.91 Å². The van der Waals surface area contributed by atoms with Gasteiger partial charge in [-0.3, -0.25) is 9.69 Å². The molecule has 1 fully saturated rings. The molecule has 2 rings (SSSR count). The van der Waals surface area contributed by atoms with Gasteiger partial charge in [0.25, 0.3) is 0 Å². The third-order valence-corrected chi connectivity index (χ3v) is 4.21. The second-order valence-electron chi connectivity index (χ2n) is 5.36. The molecule has 1 atom stereocenters. The van der Waals surface area contributed by atoms with E-state index >= 15 is 0 Å². The summed E-state index contributed by atoms with van der Waals surface area (Å²) in [6.07, 6.45) is 3.96. The quantitative estimate of drug-likeness (QED) is 0.769. The van der Waals surface area contributed by atoms with Crippen LogP contribution in [0.5, 0.6) is 0 Å². The largest absolute Gasteiger partial charge is 0.341 e. The van der Waals surface area contributed by atoms with Crippen molar-refractivity contribution in [3.05, 3.63) is 12.2 Å². The summed E-state index contributed by atoms with van der Waals surface area (Å²) >= 11 is 0. The van der Waals surface area contributed by atoms with Crippen LogP contribution in [0.2, 0.25) is 0 Å². The Kier molecular flexibility index (Phi) is 5.11. The lowest BCUT2D eigenvalue weighted by molar-refractivity contribution is -0.130. The van der Waals surface area contributed by atoms with Gasteiger partial charge >= 0.3 is 0 Å². The van der Waals surface area contributed by atoms with Gasteiger partial charge in [-0.2, -0.15) is 0 Å². The van der Waals surface area contributed by atoms with Crippen molar-refractivity contribution in [2.75, 3.05) is 26.2 Å². The Labute approximate surface area is 120 Å². The first-order chi connectivity index (χ1) is 9.65. The van der Waals surface area contributed by atoms with E-state index in [4.69, 9.17) is 0 Å². The van der Waals surface area contributed by atoms with Crippen LogP contribution in [0.15, 0.2) is 6.33 Å². The molecule has 1 amide bonds. The van der Waals surface area contributed by atoms with Gasteiger partial charge in [0.15, 0.2) is 0 Å². The van der Waals surface area contributed by atoms with Gasteiger partial charge in [0.1, 0.15) is 12.2 Å². The molecular weight excluding hydrogens is 254 g/mol. The smallest absolute Gasteiger partial charge is 0.223 e. The first-order valence-corrected chi connectivity index (χ1v) is 7.50. The van der Waals surface area contributed by atoms with E-state index in [0.29, 0.717) is 18.9 Å². The number of carbonyl (C=O) groups is 1. The van der Waals surface area contributed by atoms with E-state index in [1.54, 1.807) is 6.33 Å². The van der Waals surface area contributed by atoms with E-state index in [1.165, 1.54) is 0 Å². The molecular formula is C14H25N5O. The molecule has 6 nitrogen and oxygen atoms in total. The Hall–Kier alpha value is -1.43. The van der Waals surface area contributed by atoms with Gasteiger partial charge in [0, 0.05) is 39.0 Å². The van der Waals surface area contributed by atoms with Crippen LogP contribution in [0.1, 0.15) is 32.5 Å². The maximum atomic E-state index is 12.2. The number of nitrogens with zero attached hydrogens (tertiary/aromatic N) is 5. The first-order valence-electron chi connectivity index (χ1n) is 7.50. The Bertz CT molecular complexity index is 441. The van der Waals surface area contributed by atoms with Gasteiger partial charge in [-0.05, 0) is 19.5 Å². The van der Waals surface area contributed by atoms with Crippen molar-refractivity contribution < 1.29 is 4.79 Å². The van der Waals surface area contributed by atoms with Crippen molar-refractivity contribution in [1.82, 2.24) is 24.6 Å². The molecule has 1 aliphatic rings. The predicted molar refractivity (Wildman–Crippen MR) is 77.2 cm³/mol. The summed E-state index contributed by atoms with van der Waals surface area (Å²) in [5.41, 5.74) is 0. The SMILES string of the molecule is CCN(CC)C1CCN(C(=O)CCc2nncn2C)C1. The van der Waals surface area contributed by atoms with Crippen molar-refractivity contribution in [1.29, 1.82) is 0 Å². The lowest BCUT2D eigenvalue weighted by atomic mass is 10.2. The highest BCUT2D eigenvalue weighted by Crippen LogP contribution is 2.16. The maximum absolute atomic E-state index is 12.2. The fourth-order valence-electron chi connectivity index (χ4n) is 2.92. The van der Waals surface area contributed by atoms with Gasteiger partial charge in [-0.25, -0.2) is 0 Å². The Morgan fingerprint density at radius 3 is 2.80 bits per heavy atom. The van der Waals surface area contributed by atoms with Crippen LogP contribution in [-0.4, -0.2) is 62.7 Å². The van der Waals surface area contributed by atoms with E-state index < -0.39 is 0 Å². The molecule has 0 aromatic carbocycles. The lowest BCUT2D eigenvalue weighted by Crippen LogP contribution is -2.38. The van der Waals surface area contributed by atoms with Crippen LogP contribution in [0.25, 0.3) is 0 Å². The van der Waals surface area contributed by atoms with E-state index in [1.807, 2.05) is 16.5 Å². The van der Waals surface area contributed by atoms with Crippen molar-refractivity contribution in [2.45, 2.75) is 39.2 Å². The summed E-state index contributed by atoms with van der Waals surface area (Å²) < 4.78 is 1.87. The van der Waals surface area contributed by atoms with Crippen molar-refractivity contribution >= 4 is 5.91 Å². The molecule has 6 heteroatoms. The summed E-state index contributed by atoms with van der Waals surface area (Å²) in [6, 6.07) is 0.531. The van der Waals surface area contributed by atoms with Gasteiger partial charge in [-0.1, -0.05) is 13.8 Å². The fourth-order valence-corrected chi connectivity index (χ4v) is 2.92. The third-order valence-electron chi connectivity index (χ3n) is 4.21. The average Bonchev–Trinajstić information content (AvgIpc) is 3.07. The lowest BCUT2D eigenvalue weighted by Gasteiger charge is -2.26. The molecule has 0 aliphatic carbocycles. The zero-order valence-electron chi connectivity index (χ0n) is 12.7. The molecule has 20 heavy (non-hydrogen) atoms. The van der Waals surface area contributed by atoms with Gasteiger partial charge in [-0.15, -0.1) is 10.2 Å². The zero-order valence-corrected chi connectivity index (χ0v) is 12.7. The predicted octanol–water partition coefficient (Wildman–Crippen LogP) is 0.690. The summed E-state index contributed by atoms with van der Waals surface area (Å²) in [7, 11) is 1.91. The minimum atomic E-state index is 0.239. The number of likely N-dealkylation sites (N-methyl/N-ethyl adjacent to an activating group) is 1. The Morgan fingerprint density at radius 2 is 2.20 bits per heavy atom. The molecule has 0 N–H and O–H groups in total. The number of aromatic nitrogens is 3. The van der Waals surface area contributed by atoms with Crippen LogP contribution < -0.4 is 0 Å². The second-order valence-corrected chi connectivity index (χ2v) is 5.36. The monoisotopic (exact) mass is 279 g/mol. The van der Waals surface area contributed by atoms with E-state index in [-0.39, 0.29) is 5.91 Å². The summed E-state index contributed by atoms with van der Waals surface area (Å²) in [4.78, 5) is 16.7. The fraction of sp³-hybridized carbons (Fsp3) is 0.786. The molecule has 1 unspecified atom stereocenters. The average molecular weight is 279 g/mol. The van der Waals surface area contributed by atoms with Gasteiger partial charge in [0.05, 0.1) is 0 Å². The Balaban J connectivity index is 1.81. The highest BCUT2D eigenvalue weighted by atomic mass is 16.2. The van der Waals surface area contributed by atoms with Crippen LogP contribution >= 0.6 is 0 Å². The standard InChI is InChI=1S/C14H25N5O/c1-4-18(5-2)12-8-9-19(10-12)14(20)7-6-13-16-15-11-17(13)3/h11-12H,4-10H2,1-3H3. The minimum absolute atomic E-state index is 0.239. The minimum Gasteiger partial charge on any atom is -0.341 e. The molecule has 1 aliphatic heterocycles. The number of aryl methyl sites for hydroxylation is 2. The number of likely N-dealkylation sites (tertiary alicyclic amines) is 1. The molecule has 0 bridgehead atoms. The molecule has 1 aromatic heterocycles. The summed E-state index contributed by atoms with van der Waals surface area (Å²) in [5.74, 6) is 1.11. The van der Waals surface area contributed by atoms with Crippen molar-refractivity contribution in [2.24, 2.45) is 7.05 Å². The third kappa shape index (κ3) is 3.36. The van der Waals surface area contributed by atoms with E-state index in [0.717, 1.165) is 38.4 Å². The molecule has 1 saturated heterocycles. The van der Waals surface area contributed by atoms with Crippen LogP contribution in [0.3, 0.4) is 0 Å². The number of hydrogen-bond donors (Lipinski definition) is 0. The topological polar surface area (TPSA) is 54.3 Å². The molecule has 0 radical (unpaired) electrons. The summed E-state index contributed by atoms with van der Waals surface area (Å²) in [5, 5.41) is 7.85. The normalized spacial score (nSPS) is 19.0. The molecule has 0 spiro atoms. The van der Waals surface area contributed by atoms with Gasteiger partial charge < -0.3 is 9.47 Å². The zero-order chi connectivity index (χ0) is 14.5. The maximum Gasteiger partial charge on any atom is 0.223 e.